The minimum absolute atomic E-state index is 0.329. The Balaban J connectivity index is 2.87. The Morgan fingerprint density at radius 3 is 3.00 bits per heavy atom. The lowest BCUT2D eigenvalue weighted by Crippen LogP contribution is -1.92. The molecule has 12 heavy (non-hydrogen) atoms. The average molecular weight is 165 g/mol. The van der Waals surface area contributed by atoms with Crippen molar-refractivity contribution in [1.82, 2.24) is 9.78 Å². The summed E-state index contributed by atoms with van der Waals surface area (Å²) in [5, 5.41) is 4.44. The van der Waals surface area contributed by atoms with Crippen LogP contribution in [-0.4, -0.2) is 9.78 Å². The number of nitrogens with two attached hydrogens (primary N) is 1. The van der Waals surface area contributed by atoms with Gasteiger partial charge in [-0.05, 0) is 18.2 Å². The third-order valence-corrected chi connectivity index (χ3v) is 1.79. The number of halogens is 1. The van der Waals surface area contributed by atoms with Crippen LogP contribution in [0.15, 0.2) is 18.2 Å². The Hall–Kier alpha value is -1.58. The smallest absolute Gasteiger partial charge is 0.219 e. The maximum atomic E-state index is 13.1. The van der Waals surface area contributed by atoms with E-state index in [4.69, 9.17) is 5.73 Å². The maximum Gasteiger partial charge on any atom is 0.219 e. The minimum atomic E-state index is -0.329. The summed E-state index contributed by atoms with van der Waals surface area (Å²) in [6.07, 6.45) is 0. The van der Waals surface area contributed by atoms with Crippen molar-refractivity contribution >= 4 is 16.6 Å². The topological polar surface area (TPSA) is 43.8 Å². The number of aromatic nitrogens is 2. The van der Waals surface area contributed by atoms with E-state index in [2.05, 4.69) is 5.10 Å². The van der Waals surface area contributed by atoms with Crippen LogP contribution in [0.4, 0.5) is 10.1 Å². The molecule has 1 heterocycles. The highest BCUT2D eigenvalue weighted by atomic mass is 19.1. The molecule has 4 heteroatoms. The van der Waals surface area contributed by atoms with Gasteiger partial charge in [-0.3, -0.25) is 0 Å². The number of hydrogen-bond acceptors (Lipinski definition) is 2. The summed E-state index contributed by atoms with van der Waals surface area (Å²) in [6.45, 7) is 0. The van der Waals surface area contributed by atoms with Gasteiger partial charge in [0.2, 0.25) is 5.95 Å². The Bertz CT molecular complexity index is 433. The maximum absolute atomic E-state index is 13.1. The summed E-state index contributed by atoms with van der Waals surface area (Å²) in [5.74, 6) is -0.329. The third-order valence-electron chi connectivity index (χ3n) is 1.79. The summed E-state index contributed by atoms with van der Waals surface area (Å²) in [5.41, 5.74) is 6.70. The Morgan fingerprint density at radius 1 is 1.50 bits per heavy atom. The zero-order valence-corrected chi connectivity index (χ0v) is 6.58. The molecule has 0 saturated heterocycles. The molecule has 0 aliphatic carbocycles. The quantitative estimate of drug-likeness (QED) is 0.598. The first-order valence-electron chi connectivity index (χ1n) is 3.56. The first-order chi connectivity index (χ1) is 5.68. The van der Waals surface area contributed by atoms with Crippen LogP contribution >= 0.6 is 0 Å². The Kier molecular flexibility index (Phi) is 1.30. The van der Waals surface area contributed by atoms with Crippen molar-refractivity contribution in [2.45, 2.75) is 0 Å². The number of nitrogens with zero attached hydrogens (tertiary/aromatic N) is 2. The van der Waals surface area contributed by atoms with Gasteiger partial charge < -0.3 is 5.73 Å². The molecule has 0 saturated carbocycles. The van der Waals surface area contributed by atoms with E-state index in [9.17, 15) is 4.39 Å². The normalized spacial score (nSPS) is 10.8. The summed E-state index contributed by atoms with van der Waals surface area (Å²) >= 11 is 0. The van der Waals surface area contributed by atoms with Crippen LogP contribution in [0.2, 0.25) is 0 Å². The second kappa shape index (κ2) is 2.20. The van der Waals surface area contributed by atoms with E-state index in [1.165, 1.54) is 4.68 Å². The number of benzene rings is 1. The minimum Gasteiger partial charge on any atom is -0.399 e. The van der Waals surface area contributed by atoms with Gasteiger partial charge in [-0.15, -0.1) is 0 Å². The Morgan fingerprint density at radius 2 is 2.25 bits per heavy atom. The van der Waals surface area contributed by atoms with Crippen molar-refractivity contribution in [2.75, 3.05) is 5.73 Å². The van der Waals surface area contributed by atoms with Crippen molar-refractivity contribution in [2.24, 2.45) is 7.05 Å². The van der Waals surface area contributed by atoms with Crippen LogP contribution < -0.4 is 5.73 Å². The largest absolute Gasteiger partial charge is 0.399 e. The molecule has 3 nitrogen and oxygen atoms in total. The molecule has 0 radical (unpaired) electrons. The summed E-state index contributed by atoms with van der Waals surface area (Å²) in [4.78, 5) is 0. The van der Waals surface area contributed by atoms with E-state index >= 15 is 0 Å². The van der Waals surface area contributed by atoms with Crippen LogP contribution in [0.3, 0.4) is 0 Å². The molecule has 1 aromatic heterocycles. The molecule has 0 fully saturated rings. The van der Waals surface area contributed by atoms with Gasteiger partial charge in [0.05, 0.1) is 10.9 Å². The highest BCUT2D eigenvalue weighted by Gasteiger charge is 2.06. The van der Waals surface area contributed by atoms with E-state index in [-0.39, 0.29) is 5.95 Å². The molecule has 62 valence electrons. The van der Waals surface area contributed by atoms with Crippen molar-refractivity contribution in [1.29, 1.82) is 0 Å². The third kappa shape index (κ3) is 0.845. The van der Waals surface area contributed by atoms with Gasteiger partial charge in [0, 0.05) is 12.7 Å². The molecular weight excluding hydrogens is 157 g/mol. The van der Waals surface area contributed by atoms with E-state index in [1.54, 1.807) is 25.2 Å². The number of rotatable bonds is 0. The van der Waals surface area contributed by atoms with Crippen molar-refractivity contribution in [3.63, 3.8) is 0 Å². The van der Waals surface area contributed by atoms with Crippen LogP contribution in [0.1, 0.15) is 0 Å². The van der Waals surface area contributed by atoms with Crippen LogP contribution in [0, 0.1) is 5.95 Å². The predicted octanol–water partition coefficient (Wildman–Crippen LogP) is 1.29. The molecule has 2 rings (SSSR count). The highest BCUT2D eigenvalue weighted by molar-refractivity contribution is 5.81. The van der Waals surface area contributed by atoms with E-state index < -0.39 is 0 Å². The molecule has 0 amide bonds. The van der Waals surface area contributed by atoms with Crippen molar-refractivity contribution in [3.8, 4) is 0 Å². The second-order valence-corrected chi connectivity index (χ2v) is 2.69. The van der Waals surface area contributed by atoms with Crippen molar-refractivity contribution in [3.05, 3.63) is 24.1 Å². The van der Waals surface area contributed by atoms with Gasteiger partial charge >= 0.3 is 0 Å². The number of anilines is 1. The van der Waals surface area contributed by atoms with E-state index in [1.807, 2.05) is 0 Å². The molecule has 0 unspecified atom stereocenters. The zero-order valence-electron chi connectivity index (χ0n) is 6.58. The average Bonchev–Trinajstić information content (AvgIpc) is 2.28. The molecule has 2 aromatic rings. The summed E-state index contributed by atoms with van der Waals surface area (Å²) in [7, 11) is 1.56. The lowest BCUT2D eigenvalue weighted by atomic mass is 10.2. The highest BCUT2D eigenvalue weighted by Crippen LogP contribution is 2.18. The number of hydrogen-bond donors (Lipinski definition) is 1. The fourth-order valence-corrected chi connectivity index (χ4v) is 1.19. The molecule has 0 spiro atoms. The van der Waals surface area contributed by atoms with Gasteiger partial charge in [-0.1, -0.05) is 0 Å². The van der Waals surface area contributed by atoms with Gasteiger partial charge in [-0.25, -0.2) is 4.68 Å². The van der Waals surface area contributed by atoms with Gasteiger partial charge in [-0.2, -0.15) is 9.49 Å². The number of nitrogen functional groups attached to an aromatic ring is 1. The Labute approximate surface area is 68.6 Å². The lowest BCUT2D eigenvalue weighted by molar-refractivity contribution is 0.512. The lowest BCUT2D eigenvalue weighted by Gasteiger charge is -1.89. The van der Waals surface area contributed by atoms with Gasteiger partial charge in [0.15, 0.2) is 0 Å². The zero-order chi connectivity index (χ0) is 8.72. The van der Waals surface area contributed by atoms with Crippen LogP contribution in [0.25, 0.3) is 10.9 Å². The fourth-order valence-electron chi connectivity index (χ4n) is 1.19. The molecule has 2 N–H and O–H groups in total. The SMILES string of the molecule is Cn1nc2cc(N)ccc2c1F. The molecular formula is C8H8FN3. The number of aryl methyl sites for hydroxylation is 1. The predicted molar refractivity (Wildman–Crippen MR) is 45.1 cm³/mol. The van der Waals surface area contributed by atoms with Crippen molar-refractivity contribution < 1.29 is 4.39 Å². The standard InChI is InChI=1S/C8H8FN3/c1-12-8(9)6-3-2-5(10)4-7(6)11-12/h2-4H,10H2,1H3. The van der Waals surface area contributed by atoms with Gasteiger partial charge in [0.25, 0.3) is 0 Å². The molecule has 0 bridgehead atoms. The molecule has 1 aromatic carbocycles. The first-order valence-corrected chi connectivity index (χ1v) is 3.56. The van der Waals surface area contributed by atoms with Crippen LogP contribution in [-0.2, 0) is 7.05 Å². The molecule has 0 atom stereocenters. The molecule has 0 aliphatic rings. The second-order valence-electron chi connectivity index (χ2n) is 2.69. The van der Waals surface area contributed by atoms with E-state index in [0.29, 0.717) is 16.6 Å². The fraction of sp³-hybridized carbons (Fsp3) is 0.125. The van der Waals surface area contributed by atoms with Crippen LogP contribution in [0.5, 0.6) is 0 Å². The summed E-state index contributed by atoms with van der Waals surface area (Å²) in [6, 6.07) is 4.94. The summed E-state index contributed by atoms with van der Waals surface area (Å²) < 4.78 is 14.3. The van der Waals surface area contributed by atoms with E-state index in [0.717, 1.165) is 0 Å². The van der Waals surface area contributed by atoms with Gasteiger partial charge in [0.1, 0.15) is 0 Å². The first kappa shape index (κ1) is 7.09. The monoisotopic (exact) mass is 165 g/mol. The molecule has 0 aliphatic heterocycles. The number of fused-ring (bicyclic) bond motifs is 1.